The van der Waals surface area contributed by atoms with Gasteiger partial charge < -0.3 is 5.11 Å². The fraction of sp³-hybridized carbons (Fsp3) is 0.500. The quantitative estimate of drug-likeness (QED) is 0.823. The monoisotopic (exact) mass is 261 g/mol. The van der Waals surface area contributed by atoms with Crippen molar-refractivity contribution in [2.24, 2.45) is 5.92 Å². The molecule has 0 aliphatic heterocycles. The van der Waals surface area contributed by atoms with Crippen LogP contribution in [0.2, 0.25) is 0 Å². The minimum atomic E-state index is -0.324. The first-order valence-corrected chi connectivity index (χ1v) is 6.83. The molecule has 0 aromatic heterocycles. The van der Waals surface area contributed by atoms with Crippen molar-refractivity contribution in [2.75, 3.05) is 19.7 Å². The van der Waals surface area contributed by atoms with E-state index in [1.54, 1.807) is 6.07 Å². The van der Waals surface area contributed by atoms with Crippen molar-refractivity contribution in [3.63, 3.8) is 0 Å². The number of halogens is 1. The van der Waals surface area contributed by atoms with Gasteiger partial charge in [0.05, 0.1) is 5.56 Å². The van der Waals surface area contributed by atoms with E-state index in [0.717, 1.165) is 31.1 Å². The lowest BCUT2D eigenvalue weighted by Crippen LogP contribution is -2.25. The van der Waals surface area contributed by atoms with Crippen LogP contribution in [-0.4, -0.2) is 29.7 Å². The number of nitrogens with zero attached hydrogens (tertiary/aromatic N) is 1. The van der Waals surface area contributed by atoms with Gasteiger partial charge in [-0.25, -0.2) is 4.39 Å². The van der Waals surface area contributed by atoms with Crippen LogP contribution in [0.15, 0.2) is 18.2 Å². The molecule has 0 spiro atoms. The Bertz CT molecular complexity index is 485. The summed E-state index contributed by atoms with van der Waals surface area (Å²) in [4.78, 5) is 2.38. The molecule has 102 valence electrons. The molecule has 1 saturated carbocycles. The Morgan fingerprint density at radius 3 is 2.84 bits per heavy atom. The van der Waals surface area contributed by atoms with Crippen LogP contribution in [0.25, 0.3) is 0 Å². The van der Waals surface area contributed by atoms with Gasteiger partial charge in [0.2, 0.25) is 0 Å². The number of aliphatic hydroxyl groups excluding tert-OH is 1. The zero-order chi connectivity index (χ0) is 13.7. The Morgan fingerprint density at radius 2 is 2.21 bits per heavy atom. The van der Waals surface area contributed by atoms with Crippen LogP contribution in [0.3, 0.4) is 0 Å². The van der Waals surface area contributed by atoms with E-state index < -0.39 is 0 Å². The molecule has 1 aliphatic rings. The van der Waals surface area contributed by atoms with Crippen LogP contribution in [0.4, 0.5) is 4.39 Å². The average Bonchev–Trinajstić information content (AvgIpc) is 3.22. The van der Waals surface area contributed by atoms with Crippen molar-refractivity contribution < 1.29 is 9.50 Å². The van der Waals surface area contributed by atoms with Crippen molar-refractivity contribution in [1.29, 1.82) is 0 Å². The first kappa shape index (κ1) is 14.0. The Morgan fingerprint density at radius 1 is 1.42 bits per heavy atom. The maximum Gasteiger partial charge on any atom is 0.138 e. The van der Waals surface area contributed by atoms with Gasteiger partial charge in [-0.15, -0.1) is 0 Å². The normalized spacial score (nSPS) is 14.3. The summed E-state index contributed by atoms with van der Waals surface area (Å²) in [5, 5.41) is 8.67. The van der Waals surface area contributed by atoms with Gasteiger partial charge in [0.15, 0.2) is 0 Å². The van der Waals surface area contributed by atoms with Crippen molar-refractivity contribution in [3.05, 3.63) is 35.1 Å². The molecule has 0 unspecified atom stereocenters. The maximum atomic E-state index is 13.5. The van der Waals surface area contributed by atoms with E-state index in [-0.39, 0.29) is 12.4 Å². The molecule has 1 aliphatic carbocycles. The molecule has 1 fully saturated rings. The van der Waals surface area contributed by atoms with Crippen molar-refractivity contribution >= 4 is 0 Å². The summed E-state index contributed by atoms with van der Waals surface area (Å²) < 4.78 is 13.5. The molecule has 0 radical (unpaired) electrons. The summed E-state index contributed by atoms with van der Waals surface area (Å²) in [6.07, 6.45) is 2.68. The molecule has 0 atom stereocenters. The van der Waals surface area contributed by atoms with E-state index in [1.165, 1.54) is 18.9 Å². The molecule has 19 heavy (non-hydrogen) atoms. The van der Waals surface area contributed by atoms with E-state index in [0.29, 0.717) is 5.56 Å². The first-order valence-electron chi connectivity index (χ1n) is 6.83. The summed E-state index contributed by atoms with van der Waals surface area (Å²) in [7, 11) is 0. The number of hydrogen-bond donors (Lipinski definition) is 1. The minimum absolute atomic E-state index is 0.244. The van der Waals surface area contributed by atoms with E-state index >= 15 is 0 Å². The van der Waals surface area contributed by atoms with Gasteiger partial charge in [-0.3, -0.25) is 4.90 Å². The van der Waals surface area contributed by atoms with Crippen LogP contribution in [-0.2, 0) is 6.54 Å². The largest absolute Gasteiger partial charge is 0.384 e. The standard InChI is InChI=1S/C16H20FNO/c1-2-18(11-13-5-6-13)12-14-7-8-16(17)15(10-14)4-3-9-19/h7-8,10,13,19H,2,5-6,9,11-12H2,1H3. The van der Waals surface area contributed by atoms with Crippen LogP contribution < -0.4 is 0 Å². The summed E-state index contributed by atoms with van der Waals surface area (Å²) in [6.45, 7) is 4.88. The van der Waals surface area contributed by atoms with Gasteiger partial charge in [0.1, 0.15) is 12.4 Å². The summed E-state index contributed by atoms with van der Waals surface area (Å²) in [6, 6.07) is 5.06. The molecule has 2 rings (SSSR count). The SMILES string of the molecule is CCN(Cc1ccc(F)c(C#CCO)c1)CC1CC1. The lowest BCUT2D eigenvalue weighted by Gasteiger charge is -2.20. The molecular formula is C16H20FNO. The lowest BCUT2D eigenvalue weighted by atomic mass is 10.1. The third-order valence-electron chi connectivity index (χ3n) is 3.40. The van der Waals surface area contributed by atoms with E-state index in [1.807, 2.05) is 6.07 Å². The highest BCUT2D eigenvalue weighted by molar-refractivity contribution is 5.38. The second-order valence-corrected chi connectivity index (χ2v) is 5.05. The predicted molar refractivity (Wildman–Crippen MR) is 74.0 cm³/mol. The van der Waals surface area contributed by atoms with Gasteiger partial charge in [-0.1, -0.05) is 24.8 Å². The molecule has 0 saturated heterocycles. The second kappa shape index (κ2) is 6.70. The molecule has 2 nitrogen and oxygen atoms in total. The molecule has 1 N–H and O–H groups in total. The van der Waals surface area contributed by atoms with Gasteiger partial charge >= 0.3 is 0 Å². The van der Waals surface area contributed by atoms with Crippen molar-refractivity contribution in [2.45, 2.75) is 26.3 Å². The molecule has 0 amide bonds. The van der Waals surface area contributed by atoms with E-state index in [4.69, 9.17) is 5.11 Å². The number of aliphatic hydroxyl groups is 1. The Labute approximate surface area is 114 Å². The van der Waals surface area contributed by atoms with Gasteiger partial charge in [-0.2, -0.15) is 0 Å². The van der Waals surface area contributed by atoms with Crippen LogP contribution in [0.5, 0.6) is 0 Å². The predicted octanol–water partition coefficient (Wildman–Crippen LogP) is 2.40. The van der Waals surface area contributed by atoms with Crippen LogP contribution >= 0.6 is 0 Å². The smallest absolute Gasteiger partial charge is 0.138 e. The fourth-order valence-electron chi connectivity index (χ4n) is 2.13. The number of benzene rings is 1. The van der Waals surface area contributed by atoms with E-state index in [2.05, 4.69) is 23.7 Å². The second-order valence-electron chi connectivity index (χ2n) is 5.05. The highest BCUT2D eigenvalue weighted by atomic mass is 19.1. The molecule has 1 aromatic rings. The molecule has 0 bridgehead atoms. The van der Waals surface area contributed by atoms with Gasteiger partial charge in [0.25, 0.3) is 0 Å². The van der Waals surface area contributed by atoms with Crippen LogP contribution in [0, 0.1) is 23.6 Å². The highest BCUT2D eigenvalue weighted by Gasteiger charge is 2.23. The van der Waals surface area contributed by atoms with Gasteiger partial charge in [-0.05, 0) is 43.0 Å². The van der Waals surface area contributed by atoms with Crippen molar-refractivity contribution in [3.8, 4) is 11.8 Å². The Hall–Kier alpha value is -1.37. The number of rotatable bonds is 5. The third kappa shape index (κ3) is 4.34. The Balaban J connectivity index is 2.06. The summed E-state index contributed by atoms with van der Waals surface area (Å²) in [5.41, 5.74) is 1.44. The Kier molecular flexibility index (Phi) is 4.95. The highest BCUT2D eigenvalue weighted by Crippen LogP contribution is 2.30. The topological polar surface area (TPSA) is 23.5 Å². The maximum absolute atomic E-state index is 13.5. The zero-order valence-electron chi connectivity index (χ0n) is 11.3. The van der Waals surface area contributed by atoms with E-state index in [9.17, 15) is 4.39 Å². The number of hydrogen-bond acceptors (Lipinski definition) is 2. The molecule has 0 heterocycles. The zero-order valence-corrected chi connectivity index (χ0v) is 11.3. The average molecular weight is 261 g/mol. The minimum Gasteiger partial charge on any atom is -0.384 e. The fourth-order valence-corrected chi connectivity index (χ4v) is 2.13. The van der Waals surface area contributed by atoms with Gasteiger partial charge in [0, 0.05) is 13.1 Å². The van der Waals surface area contributed by atoms with Crippen LogP contribution in [0.1, 0.15) is 30.9 Å². The lowest BCUT2D eigenvalue weighted by molar-refractivity contribution is 0.268. The third-order valence-corrected chi connectivity index (χ3v) is 3.40. The summed E-state index contributed by atoms with van der Waals surface area (Å²) >= 11 is 0. The summed E-state index contributed by atoms with van der Waals surface area (Å²) in [5.74, 6) is 5.68. The molecular weight excluding hydrogens is 241 g/mol. The molecule has 1 aromatic carbocycles. The molecule has 3 heteroatoms. The van der Waals surface area contributed by atoms with Crippen molar-refractivity contribution in [1.82, 2.24) is 4.90 Å². The first-order chi connectivity index (χ1) is 9.22.